The molecule has 2 aromatic heterocycles. The molecule has 54 heavy (non-hydrogen) atoms. The van der Waals surface area contributed by atoms with Gasteiger partial charge in [-0.2, -0.15) is 9.97 Å². The summed E-state index contributed by atoms with van der Waals surface area (Å²) in [5.41, 5.74) is 2.54. The Hall–Kier alpha value is -4.44. The van der Waals surface area contributed by atoms with Gasteiger partial charge in [0.25, 0.3) is 0 Å². The molecule has 2 aliphatic carbocycles. The van der Waals surface area contributed by atoms with Gasteiger partial charge in [-0.1, -0.05) is 31.4 Å². The normalized spacial score (nSPS) is 26.4. The fourth-order valence-electron chi connectivity index (χ4n) is 9.28. The molecule has 7 rings (SSSR count). The lowest BCUT2D eigenvalue weighted by Gasteiger charge is -2.44. The van der Waals surface area contributed by atoms with E-state index in [9.17, 15) is 9.90 Å². The van der Waals surface area contributed by atoms with Crippen molar-refractivity contribution in [3.05, 3.63) is 88.6 Å². The number of benzene rings is 1. The lowest BCUT2D eigenvalue weighted by molar-refractivity contribution is -0.129. The van der Waals surface area contributed by atoms with Gasteiger partial charge in [0.05, 0.1) is 27.9 Å². The Morgan fingerprint density at radius 2 is 1.96 bits per heavy atom. The minimum Gasteiger partial charge on any atom is -0.461 e. The molecular formula is C42H51F2N7O3. The van der Waals surface area contributed by atoms with E-state index in [1.54, 1.807) is 23.4 Å². The second-order valence-electron chi connectivity index (χ2n) is 16.2. The lowest BCUT2D eigenvalue weighted by Crippen LogP contribution is -2.51. The number of carbonyl (C=O) groups is 1. The van der Waals surface area contributed by atoms with Crippen LogP contribution in [-0.2, 0) is 30.7 Å². The maximum Gasteiger partial charge on any atom is 0.318 e. The molecule has 1 aromatic carbocycles. The van der Waals surface area contributed by atoms with Gasteiger partial charge in [0.2, 0.25) is 5.91 Å². The van der Waals surface area contributed by atoms with E-state index in [0.717, 1.165) is 53.6 Å². The molecule has 0 radical (unpaired) electrons. The highest BCUT2D eigenvalue weighted by Crippen LogP contribution is 2.44. The first kappa shape index (κ1) is 37.9. The molecule has 4 aliphatic rings. The minimum absolute atomic E-state index is 0.123. The Morgan fingerprint density at radius 3 is 2.69 bits per heavy atom. The number of aromatic nitrogens is 3. The highest BCUT2D eigenvalue weighted by Gasteiger charge is 2.44. The fraction of sp³-hybridized carbons (Fsp3) is 0.524. The van der Waals surface area contributed by atoms with Gasteiger partial charge in [-0.25, -0.2) is 8.78 Å². The molecule has 0 bridgehead atoms. The summed E-state index contributed by atoms with van der Waals surface area (Å²) in [5, 5.41) is 15.0. The average Bonchev–Trinajstić information content (AvgIpc) is 3.75. The summed E-state index contributed by atoms with van der Waals surface area (Å²) in [5.74, 6) is 2.66. The van der Waals surface area contributed by atoms with Crippen LogP contribution >= 0.6 is 0 Å². The number of hydrogen-bond acceptors (Lipinski definition) is 9. The van der Waals surface area contributed by atoms with Gasteiger partial charge in [-0.05, 0) is 80.5 Å². The van der Waals surface area contributed by atoms with Gasteiger partial charge in [0, 0.05) is 76.6 Å². The van der Waals surface area contributed by atoms with Crippen LogP contribution in [0.15, 0.2) is 49.3 Å². The Labute approximate surface area is 317 Å². The van der Waals surface area contributed by atoms with Crippen LogP contribution in [0.4, 0.5) is 14.6 Å². The standard InChI is InChI=1S/C42H51F2N7O3/c1-6-31-33(44)11-10-29-20-41(4,53)22-35(37(29)31)50-19-14-32-34(25-50)47-39(48-38(32)46-26-42(15-8-9-16-42)49(5)36(52)7-2)54-27-40(3)21-30(43)24-51(40)23-28-12-17-45-18-13-28/h1,7,10-13,17-18,30,35,53H,2,8-9,14-16,19-27H2,3-5H3,(H,46,47,48)/t30-,35-,40+,41-/m1/s1. The highest BCUT2D eigenvalue weighted by atomic mass is 19.1. The Morgan fingerprint density at radius 1 is 1.20 bits per heavy atom. The van der Waals surface area contributed by atoms with E-state index in [1.165, 1.54) is 12.1 Å². The number of likely N-dealkylation sites (tertiary alicyclic amines) is 1. The number of hydrogen-bond donors (Lipinski definition) is 2. The van der Waals surface area contributed by atoms with Crippen molar-refractivity contribution >= 4 is 11.7 Å². The minimum atomic E-state index is -1.01. The van der Waals surface area contributed by atoms with E-state index in [-0.39, 0.29) is 30.1 Å². The number of halogens is 2. The quantitative estimate of drug-likeness (QED) is 0.194. The first-order chi connectivity index (χ1) is 25.8. The number of carbonyl (C=O) groups excluding carboxylic acids is 1. The molecule has 1 saturated heterocycles. The SMILES string of the molecule is C#Cc1c(F)ccc2c1[C@H](N1CCc3c(nc(OC[C@]4(C)C[C@@H](F)CN4Cc4ccncc4)nc3NCC3(N(C)C(=O)C=C)CCCC3)C1)C[C@](C)(O)C2. The first-order valence-electron chi connectivity index (χ1n) is 19.0. The fourth-order valence-corrected chi connectivity index (χ4v) is 9.28. The number of nitrogens with one attached hydrogen (secondary N) is 1. The smallest absolute Gasteiger partial charge is 0.318 e. The summed E-state index contributed by atoms with van der Waals surface area (Å²) in [6.07, 6.45) is 15.1. The Kier molecular flexibility index (Phi) is 10.5. The largest absolute Gasteiger partial charge is 0.461 e. The van der Waals surface area contributed by atoms with Crippen molar-refractivity contribution in [2.45, 2.75) is 107 Å². The first-order valence-corrected chi connectivity index (χ1v) is 19.0. The van der Waals surface area contributed by atoms with E-state index in [2.05, 4.69) is 32.6 Å². The van der Waals surface area contributed by atoms with Crippen molar-refractivity contribution in [3.8, 4) is 18.4 Å². The van der Waals surface area contributed by atoms with Crippen molar-refractivity contribution in [1.29, 1.82) is 0 Å². The zero-order valence-corrected chi connectivity index (χ0v) is 31.6. The van der Waals surface area contributed by atoms with E-state index >= 15 is 8.78 Å². The second kappa shape index (κ2) is 15.0. The van der Waals surface area contributed by atoms with Crippen LogP contribution in [0.25, 0.3) is 0 Å². The molecule has 0 unspecified atom stereocenters. The van der Waals surface area contributed by atoms with Gasteiger partial charge < -0.3 is 20.1 Å². The van der Waals surface area contributed by atoms with Crippen LogP contribution in [0.2, 0.25) is 0 Å². The predicted molar refractivity (Wildman–Crippen MR) is 203 cm³/mol. The third kappa shape index (κ3) is 7.46. The van der Waals surface area contributed by atoms with Gasteiger partial charge in [0.1, 0.15) is 24.4 Å². The summed E-state index contributed by atoms with van der Waals surface area (Å²) >= 11 is 0. The van der Waals surface area contributed by atoms with Crippen LogP contribution in [0, 0.1) is 18.2 Å². The number of likely N-dealkylation sites (N-methyl/N-ethyl adjacent to an activating group) is 1. The molecule has 2 N–H and O–H groups in total. The number of nitrogens with zero attached hydrogens (tertiary/aromatic N) is 6. The number of anilines is 1. The van der Waals surface area contributed by atoms with Crippen molar-refractivity contribution in [2.75, 3.05) is 38.6 Å². The summed E-state index contributed by atoms with van der Waals surface area (Å²) < 4.78 is 36.6. The topological polar surface area (TPSA) is 107 Å². The van der Waals surface area contributed by atoms with Crippen molar-refractivity contribution in [2.24, 2.45) is 0 Å². The predicted octanol–water partition coefficient (Wildman–Crippen LogP) is 5.54. The lowest BCUT2D eigenvalue weighted by atomic mass is 9.75. The van der Waals surface area contributed by atoms with Gasteiger partial charge >= 0.3 is 6.01 Å². The van der Waals surface area contributed by atoms with Crippen LogP contribution in [0.1, 0.15) is 91.9 Å². The summed E-state index contributed by atoms with van der Waals surface area (Å²) in [6.45, 7) is 10.0. The maximum absolute atomic E-state index is 15.1. The van der Waals surface area contributed by atoms with Crippen molar-refractivity contribution in [1.82, 2.24) is 29.7 Å². The van der Waals surface area contributed by atoms with Crippen molar-refractivity contribution in [3.63, 3.8) is 0 Å². The zero-order chi connectivity index (χ0) is 38.3. The summed E-state index contributed by atoms with van der Waals surface area (Å²) in [7, 11) is 1.83. The van der Waals surface area contributed by atoms with E-state index in [4.69, 9.17) is 21.1 Å². The molecule has 2 fully saturated rings. The number of alkyl halides is 1. The third-order valence-corrected chi connectivity index (χ3v) is 12.3. The summed E-state index contributed by atoms with van der Waals surface area (Å²) in [4.78, 5) is 33.0. The number of aliphatic hydroxyl groups is 1. The number of terminal acetylenes is 1. The van der Waals surface area contributed by atoms with E-state index < -0.39 is 28.7 Å². The molecular weight excluding hydrogens is 689 g/mol. The number of fused-ring (bicyclic) bond motifs is 2. The number of pyridine rings is 1. The zero-order valence-electron chi connectivity index (χ0n) is 31.6. The van der Waals surface area contributed by atoms with Crippen LogP contribution in [0.3, 0.4) is 0 Å². The van der Waals surface area contributed by atoms with Crippen molar-refractivity contribution < 1.29 is 23.4 Å². The molecule has 286 valence electrons. The maximum atomic E-state index is 15.1. The van der Waals surface area contributed by atoms with Gasteiger partial charge in [-0.15, -0.1) is 6.42 Å². The van der Waals surface area contributed by atoms with Crippen LogP contribution in [0.5, 0.6) is 6.01 Å². The molecule has 10 nitrogen and oxygen atoms in total. The van der Waals surface area contributed by atoms with Gasteiger partial charge in [-0.3, -0.25) is 19.6 Å². The number of rotatable bonds is 11. The number of amides is 1. The highest BCUT2D eigenvalue weighted by molar-refractivity contribution is 5.87. The summed E-state index contributed by atoms with van der Waals surface area (Å²) in [6, 6.07) is 6.83. The Balaban J connectivity index is 1.21. The van der Waals surface area contributed by atoms with Gasteiger partial charge in [0.15, 0.2) is 0 Å². The number of ether oxygens (including phenoxy) is 1. The van der Waals surface area contributed by atoms with Crippen LogP contribution < -0.4 is 10.1 Å². The second-order valence-corrected chi connectivity index (χ2v) is 16.2. The Bertz CT molecular complexity index is 1930. The van der Waals surface area contributed by atoms with Crippen LogP contribution in [-0.4, -0.2) is 96.8 Å². The third-order valence-electron chi connectivity index (χ3n) is 12.3. The molecule has 4 heterocycles. The molecule has 4 atom stereocenters. The van der Waals surface area contributed by atoms with E-state index in [0.29, 0.717) is 64.2 Å². The average molecular weight is 740 g/mol. The molecule has 2 aliphatic heterocycles. The molecule has 0 spiro atoms. The van der Waals surface area contributed by atoms with E-state index in [1.807, 2.05) is 33.0 Å². The molecule has 1 saturated carbocycles. The molecule has 12 heteroatoms. The molecule has 3 aromatic rings. The monoisotopic (exact) mass is 739 g/mol. The molecule has 1 amide bonds.